The summed E-state index contributed by atoms with van der Waals surface area (Å²) in [7, 11) is 3.03. The summed E-state index contributed by atoms with van der Waals surface area (Å²) in [6.07, 6.45) is -2.49. The van der Waals surface area contributed by atoms with E-state index in [1.165, 1.54) is 14.1 Å². The number of nitrogens with zero attached hydrogens (tertiary/aromatic N) is 3. The molecule has 0 radical (unpaired) electrons. The quantitative estimate of drug-likeness (QED) is 0.355. The fourth-order valence-electron chi connectivity index (χ4n) is 2.88. The van der Waals surface area contributed by atoms with Gasteiger partial charge in [0.2, 0.25) is 0 Å². The molecule has 0 bridgehead atoms. The lowest BCUT2D eigenvalue weighted by molar-refractivity contribution is -1.08. The van der Waals surface area contributed by atoms with Crippen LogP contribution in [0.25, 0.3) is 0 Å². The van der Waals surface area contributed by atoms with Crippen LogP contribution in [0.3, 0.4) is 0 Å². The highest BCUT2D eigenvalue weighted by atomic mass is 16.6. The van der Waals surface area contributed by atoms with Gasteiger partial charge >= 0.3 is 12.3 Å². The Kier molecular flexibility index (Phi) is 4.71. The average Bonchev–Trinajstić information content (AvgIpc) is 2.48. The molecule has 23 heavy (non-hydrogen) atoms. The van der Waals surface area contributed by atoms with Gasteiger partial charge in [0.05, 0.1) is 35.1 Å². The van der Waals surface area contributed by atoms with E-state index in [1.54, 1.807) is 60.7 Å². The zero-order valence-electron chi connectivity index (χ0n) is 12.9. The third-order valence-corrected chi connectivity index (χ3v) is 3.86. The van der Waals surface area contributed by atoms with E-state index in [0.717, 1.165) is 0 Å². The zero-order chi connectivity index (χ0) is 17.0. The minimum Gasteiger partial charge on any atom is -0.259 e. The highest BCUT2D eigenvalue weighted by molar-refractivity contribution is 5.18. The summed E-state index contributed by atoms with van der Waals surface area (Å²) < 4.78 is -0.423. The first kappa shape index (κ1) is 16.6. The SMILES string of the molecule is C[N+](C)(C(c1ccccc1)[N+](=O)[O-])C(c1ccccc1)[N+](=O)[O-]. The van der Waals surface area contributed by atoms with Gasteiger partial charge in [-0.05, 0) is 24.3 Å². The first-order chi connectivity index (χ1) is 10.9. The number of hydrogen-bond donors (Lipinski definition) is 0. The smallest absolute Gasteiger partial charge is 0.259 e. The van der Waals surface area contributed by atoms with Gasteiger partial charge in [-0.3, -0.25) is 20.2 Å². The fourth-order valence-corrected chi connectivity index (χ4v) is 2.88. The average molecular weight is 316 g/mol. The molecule has 2 unspecified atom stereocenters. The maximum atomic E-state index is 11.7. The van der Waals surface area contributed by atoms with E-state index in [-0.39, 0.29) is 0 Å². The Hall–Kier alpha value is -2.80. The molecule has 0 amide bonds. The molecule has 2 aromatic rings. The van der Waals surface area contributed by atoms with Crippen LogP contribution < -0.4 is 0 Å². The molecule has 0 aliphatic heterocycles. The van der Waals surface area contributed by atoms with Crippen LogP contribution in [-0.4, -0.2) is 28.4 Å². The molecule has 0 spiro atoms. The van der Waals surface area contributed by atoms with Gasteiger partial charge in [-0.15, -0.1) is 0 Å². The lowest BCUT2D eigenvalue weighted by Gasteiger charge is -2.33. The predicted octanol–water partition coefficient (Wildman–Crippen LogP) is 3.01. The molecular weight excluding hydrogens is 298 g/mol. The highest BCUT2D eigenvalue weighted by Gasteiger charge is 2.52. The van der Waals surface area contributed by atoms with Gasteiger partial charge < -0.3 is 0 Å². The number of quaternary nitrogens is 1. The second-order valence-corrected chi connectivity index (χ2v) is 5.77. The molecule has 0 heterocycles. The maximum Gasteiger partial charge on any atom is 0.368 e. The van der Waals surface area contributed by atoms with Crippen molar-refractivity contribution in [1.82, 2.24) is 0 Å². The third kappa shape index (κ3) is 3.35. The van der Waals surface area contributed by atoms with Crippen molar-refractivity contribution in [3.8, 4) is 0 Å². The maximum absolute atomic E-state index is 11.7. The molecule has 2 rings (SSSR count). The van der Waals surface area contributed by atoms with Crippen LogP contribution >= 0.6 is 0 Å². The molecule has 7 heteroatoms. The molecule has 2 aromatic carbocycles. The van der Waals surface area contributed by atoms with Crippen molar-refractivity contribution >= 4 is 0 Å². The topological polar surface area (TPSA) is 86.3 Å². The molecule has 0 aromatic heterocycles. The molecule has 0 fully saturated rings. The monoisotopic (exact) mass is 316 g/mol. The first-order valence-electron chi connectivity index (χ1n) is 7.06. The van der Waals surface area contributed by atoms with Gasteiger partial charge in [-0.25, -0.2) is 0 Å². The van der Waals surface area contributed by atoms with E-state index in [0.29, 0.717) is 11.1 Å². The highest BCUT2D eigenvalue weighted by Crippen LogP contribution is 2.36. The van der Waals surface area contributed by atoms with Crippen LogP contribution in [0.4, 0.5) is 0 Å². The van der Waals surface area contributed by atoms with E-state index in [1.807, 2.05) is 0 Å². The van der Waals surface area contributed by atoms with Crippen molar-refractivity contribution in [3.63, 3.8) is 0 Å². The minimum absolute atomic E-state index is 0.423. The van der Waals surface area contributed by atoms with Crippen molar-refractivity contribution in [2.24, 2.45) is 0 Å². The van der Waals surface area contributed by atoms with E-state index in [4.69, 9.17) is 0 Å². The van der Waals surface area contributed by atoms with E-state index in [2.05, 4.69) is 0 Å². The summed E-state index contributed by atoms with van der Waals surface area (Å²) in [4.78, 5) is 22.4. The van der Waals surface area contributed by atoms with Crippen LogP contribution in [0.2, 0.25) is 0 Å². The molecule has 0 aliphatic rings. The lowest BCUT2D eigenvalue weighted by Crippen LogP contribution is -2.51. The summed E-state index contributed by atoms with van der Waals surface area (Å²) in [5.74, 6) is 0. The molecule has 0 saturated heterocycles. The van der Waals surface area contributed by atoms with Crippen molar-refractivity contribution in [2.45, 2.75) is 12.3 Å². The Balaban J connectivity index is 2.55. The summed E-state index contributed by atoms with van der Waals surface area (Å²) in [6, 6.07) is 16.7. The Morgan fingerprint density at radius 1 is 0.739 bits per heavy atom. The van der Waals surface area contributed by atoms with Gasteiger partial charge in [0.15, 0.2) is 0 Å². The van der Waals surface area contributed by atoms with Crippen LogP contribution in [0.5, 0.6) is 0 Å². The largest absolute Gasteiger partial charge is 0.368 e. The van der Waals surface area contributed by atoms with E-state index < -0.39 is 26.7 Å². The summed E-state index contributed by atoms with van der Waals surface area (Å²) in [5, 5.41) is 23.3. The number of rotatable bonds is 6. The van der Waals surface area contributed by atoms with Gasteiger partial charge in [0.25, 0.3) is 0 Å². The van der Waals surface area contributed by atoms with Crippen molar-refractivity contribution in [1.29, 1.82) is 0 Å². The molecule has 2 atom stereocenters. The summed E-state index contributed by atoms with van der Waals surface area (Å²) in [6.45, 7) is 0. The van der Waals surface area contributed by atoms with Crippen LogP contribution in [0.15, 0.2) is 60.7 Å². The number of hydrogen-bond acceptors (Lipinski definition) is 4. The Morgan fingerprint density at radius 3 is 1.30 bits per heavy atom. The van der Waals surface area contributed by atoms with Crippen LogP contribution in [0, 0.1) is 20.2 Å². The van der Waals surface area contributed by atoms with Gasteiger partial charge in [-0.2, -0.15) is 4.48 Å². The zero-order valence-corrected chi connectivity index (χ0v) is 12.9. The molecule has 0 N–H and O–H groups in total. The lowest BCUT2D eigenvalue weighted by atomic mass is 10.1. The second kappa shape index (κ2) is 6.53. The second-order valence-electron chi connectivity index (χ2n) is 5.77. The van der Waals surface area contributed by atoms with Gasteiger partial charge in [0, 0.05) is 0 Å². The summed E-state index contributed by atoms with van der Waals surface area (Å²) in [5.41, 5.74) is 0.871. The van der Waals surface area contributed by atoms with Crippen LogP contribution in [0.1, 0.15) is 23.5 Å². The van der Waals surface area contributed by atoms with E-state index >= 15 is 0 Å². The predicted molar refractivity (Wildman–Crippen MR) is 84.5 cm³/mol. The van der Waals surface area contributed by atoms with Crippen LogP contribution in [-0.2, 0) is 0 Å². The minimum atomic E-state index is -1.24. The molecule has 0 saturated carbocycles. The third-order valence-electron chi connectivity index (χ3n) is 3.86. The first-order valence-corrected chi connectivity index (χ1v) is 7.06. The van der Waals surface area contributed by atoms with Gasteiger partial charge in [0.1, 0.15) is 0 Å². The molecule has 7 nitrogen and oxygen atoms in total. The van der Waals surface area contributed by atoms with E-state index in [9.17, 15) is 20.2 Å². The Bertz CT molecular complexity index is 629. The molecule has 120 valence electrons. The normalized spacial score (nSPS) is 14.0. The molecule has 0 aliphatic carbocycles. The summed E-state index contributed by atoms with van der Waals surface area (Å²) >= 11 is 0. The fraction of sp³-hybridized carbons (Fsp3) is 0.250. The molecular formula is C16H18N3O4+. The van der Waals surface area contributed by atoms with Crippen molar-refractivity contribution < 1.29 is 14.3 Å². The standard InChI is InChI=1S/C16H18N3O4/c1-19(2,15(17(20)21)13-9-5-3-6-10-13)16(18(22)23)14-11-7-4-8-12-14/h3-12,15-16H,1-2H3/q+1. The van der Waals surface area contributed by atoms with Crippen molar-refractivity contribution in [3.05, 3.63) is 92.0 Å². The Morgan fingerprint density at radius 2 is 1.04 bits per heavy atom. The number of nitro groups is 2. The van der Waals surface area contributed by atoms with Gasteiger partial charge in [-0.1, -0.05) is 36.4 Å². The number of benzene rings is 2. The Labute approximate surface area is 133 Å². The van der Waals surface area contributed by atoms with Crippen molar-refractivity contribution in [2.75, 3.05) is 14.1 Å².